The number of fused-ring (bicyclic) bond motifs is 1. The number of ether oxygens (including phenoxy) is 2. The van der Waals surface area contributed by atoms with E-state index in [1.165, 1.54) is 14.2 Å². The molecule has 0 saturated heterocycles. The molecule has 0 saturated carbocycles. The van der Waals surface area contributed by atoms with Gasteiger partial charge >= 0.3 is 11.9 Å². The summed E-state index contributed by atoms with van der Waals surface area (Å²) in [5.41, 5.74) is 3.01. The minimum atomic E-state index is -1.27. The molecule has 1 atom stereocenters. The summed E-state index contributed by atoms with van der Waals surface area (Å²) in [5.74, 6) is -1.51. The lowest BCUT2D eigenvalue weighted by molar-refractivity contribution is -0.154. The van der Waals surface area contributed by atoms with E-state index in [4.69, 9.17) is 19.4 Å². The van der Waals surface area contributed by atoms with Crippen LogP contribution in [0, 0.1) is 0 Å². The molecule has 0 bridgehead atoms. The fourth-order valence-corrected chi connectivity index (χ4v) is 4.83. The molecule has 0 amide bonds. The van der Waals surface area contributed by atoms with Crippen LogP contribution in [0.25, 0.3) is 11.4 Å². The maximum atomic E-state index is 12.6. The molecule has 1 aliphatic heterocycles. The SMILES string of the molecule is COC(=O)C(C(=O)OC)c1nc(-c2ccccc2)nc2c1C(c1ccccc1)CS2. The molecule has 2 heterocycles. The third-order valence-corrected chi connectivity index (χ3v) is 6.14. The lowest BCUT2D eigenvalue weighted by atomic mass is 9.88. The van der Waals surface area contributed by atoms with Crippen molar-refractivity contribution in [1.29, 1.82) is 0 Å². The highest BCUT2D eigenvalue weighted by Crippen LogP contribution is 2.46. The zero-order valence-electron chi connectivity index (χ0n) is 16.6. The number of carbonyl (C=O) groups excluding carboxylic acids is 2. The van der Waals surface area contributed by atoms with Gasteiger partial charge in [-0.2, -0.15) is 0 Å². The number of hydrogen-bond donors (Lipinski definition) is 0. The van der Waals surface area contributed by atoms with E-state index in [0.717, 1.165) is 27.5 Å². The quantitative estimate of drug-likeness (QED) is 0.353. The van der Waals surface area contributed by atoms with Gasteiger partial charge in [-0.15, -0.1) is 11.8 Å². The normalized spacial score (nSPS) is 15.0. The second kappa shape index (κ2) is 8.67. The second-order valence-electron chi connectivity index (χ2n) is 6.77. The Morgan fingerprint density at radius 2 is 1.53 bits per heavy atom. The molecule has 0 N–H and O–H groups in total. The molecular formula is C23H20N2O4S. The lowest BCUT2D eigenvalue weighted by Gasteiger charge is -2.19. The van der Waals surface area contributed by atoms with Crippen LogP contribution in [0.2, 0.25) is 0 Å². The van der Waals surface area contributed by atoms with Crippen LogP contribution >= 0.6 is 11.8 Å². The van der Waals surface area contributed by atoms with E-state index in [9.17, 15) is 9.59 Å². The molecule has 4 rings (SSSR count). The van der Waals surface area contributed by atoms with Crippen molar-refractivity contribution in [3.63, 3.8) is 0 Å². The molecule has 0 spiro atoms. The van der Waals surface area contributed by atoms with Crippen LogP contribution in [-0.4, -0.2) is 41.9 Å². The number of carbonyl (C=O) groups is 2. The van der Waals surface area contributed by atoms with Gasteiger partial charge in [0.05, 0.1) is 19.9 Å². The van der Waals surface area contributed by atoms with Crippen molar-refractivity contribution in [3.8, 4) is 11.4 Å². The fraction of sp³-hybridized carbons (Fsp3) is 0.217. The van der Waals surface area contributed by atoms with Crippen LogP contribution in [0.3, 0.4) is 0 Å². The zero-order valence-corrected chi connectivity index (χ0v) is 17.4. The molecule has 3 aromatic rings. The molecule has 2 aromatic carbocycles. The van der Waals surface area contributed by atoms with Gasteiger partial charge in [-0.3, -0.25) is 9.59 Å². The van der Waals surface area contributed by atoms with E-state index in [1.54, 1.807) is 11.8 Å². The molecule has 1 aromatic heterocycles. The molecule has 0 fully saturated rings. The number of rotatable bonds is 5. The summed E-state index contributed by atoms with van der Waals surface area (Å²) in [6.07, 6.45) is 0. The first-order chi connectivity index (χ1) is 14.6. The van der Waals surface area contributed by atoms with Crippen molar-refractivity contribution in [1.82, 2.24) is 9.97 Å². The molecule has 0 aliphatic carbocycles. The van der Waals surface area contributed by atoms with Gasteiger partial charge in [-0.05, 0) is 5.56 Å². The third-order valence-electron chi connectivity index (χ3n) is 5.06. The highest BCUT2D eigenvalue weighted by atomic mass is 32.2. The first-order valence-corrected chi connectivity index (χ1v) is 10.4. The number of benzene rings is 2. The van der Waals surface area contributed by atoms with Crippen LogP contribution < -0.4 is 0 Å². The summed E-state index contributed by atoms with van der Waals surface area (Å²) in [6.45, 7) is 0. The fourth-order valence-electron chi connectivity index (χ4n) is 3.59. The van der Waals surface area contributed by atoms with Crippen LogP contribution in [-0.2, 0) is 19.1 Å². The summed E-state index contributed by atoms with van der Waals surface area (Å²) < 4.78 is 9.86. The smallest absolute Gasteiger partial charge is 0.326 e. The van der Waals surface area contributed by atoms with Crippen molar-refractivity contribution < 1.29 is 19.1 Å². The van der Waals surface area contributed by atoms with E-state index in [2.05, 4.69) is 0 Å². The number of esters is 2. The van der Waals surface area contributed by atoms with Gasteiger partial charge in [0.25, 0.3) is 0 Å². The second-order valence-corrected chi connectivity index (χ2v) is 7.78. The summed E-state index contributed by atoms with van der Waals surface area (Å²) >= 11 is 1.59. The standard InChI is InChI=1S/C23H20N2O4S/c1-28-22(26)18(23(27)29-2)19-17-16(14-9-5-3-6-10-14)13-30-21(17)25-20(24-19)15-11-7-4-8-12-15/h3-12,16,18H,13H2,1-2H3. The Bertz CT molecular complexity index is 1060. The van der Waals surface area contributed by atoms with E-state index in [-0.39, 0.29) is 5.92 Å². The molecule has 1 unspecified atom stereocenters. The van der Waals surface area contributed by atoms with Crippen molar-refractivity contribution in [2.24, 2.45) is 0 Å². The predicted molar refractivity (Wildman–Crippen MR) is 113 cm³/mol. The monoisotopic (exact) mass is 420 g/mol. The van der Waals surface area contributed by atoms with Crippen molar-refractivity contribution in [2.45, 2.75) is 16.9 Å². The largest absolute Gasteiger partial charge is 0.468 e. The number of methoxy groups -OCH3 is 2. The zero-order chi connectivity index (χ0) is 21.1. The van der Waals surface area contributed by atoms with E-state index < -0.39 is 17.9 Å². The highest BCUT2D eigenvalue weighted by molar-refractivity contribution is 7.99. The van der Waals surface area contributed by atoms with Gasteiger partial charge in [0, 0.05) is 22.8 Å². The van der Waals surface area contributed by atoms with Crippen LogP contribution in [0.1, 0.15) is 28.7 Å². The predicted octanol–water partition coefficient (Wildman–Crippen LogP) is 3.81. The molecule has 152 valence electrons. The minimum absolute atomic E-state index is 0.0390. The van der Waals surface area contributed by atoms with E-state index >= 15 is 0 Å². The molecule has 7 heteroatoms. The number of hydrogen-bond acceptors (Lipinski definition) is 7. The average molecular weight is 420 g/mol. The third kappa shape index (κ3) is 3.68. The van der Waals surface area contributed by atoms with Gasteiger partial charge in [-0.1, -0.05) is 60.7 Å². The van der Waals surface area contributed by atoms with Gasteiger partial charge < -0.3 is 9.47 Å². The van der Waals surface area contributed by atoms with Gasteiger partial charge in [0.15, 0.2) is 11.7 Å². The maximum absolute atomic E-state index is 12.6. The molecule has 1 aliphatic rings. The van der Waals surface area contributed by atoms with E-state index in [1.807, 2.05) is 60.7 Å². The van der Waals surface area contributed by atoms with Crippen LogP contribution in [0.4, 0.5) is 0 Å². The number of aromatic nitrogens is 2. The summed E-state index contributed by atoms with van der Waals surface area (Å²) in [4.78, 5) is 34.7. The molecule has 6 nitrogen and oxygen atoms in total. The molecule has 0 radical (unpaired) electrons. The highest BCUT2D eigenvalue weighted by Gasteiger charge is 2.40. The maximum Gasteiger partial charge on any atom is 0.326 e. The van der Waals surface area contributed by atoms with Crippen molar-refractivity contribution in [2.75, 3.05) is 20.0 Å². The van der Waals surface area contributed by atoms with Gasteiger partial charge in [0.1, 0.15) is 5.03 Å². The first-order valence-electron chi connectivity index (χ1n) is 9.44. The Balaban J connectivity index is 1.94. The van der Waals surface area contributed by atoms with E-state index in [0.29, 0.717) is 11.5 Å². The topological polar surface area (TPSA) is 78.4 Å². The Kier molecular flexibility index (Phi) is 5.81. The Labute approximate surface area is 178 Å². The van der Waals surface area contributed by atoms with Gasteiger partial charge in [0.2, 0.25) is 0 Å². The molecular weight excluding hydrogens is 400 g/mol. The van der Waals surface area contributed by atoms with Crippen molar-refractivity contribution >= 4 is 23.7 Å². The van der Waals surface area contributed by atoms with Crippen LogP contribution in [0.5, 0.6) is 0 Å². The first kappa shape index (κ1) is 20.1. The average Bonchev–Trinajstić information content (AvgIpc) is 3.24. The van der Waals surface area contributed by atoms with Crippen LogP contribution in [0.15, 0.2) is 65.7 Å². The minimum Gasteiger partial charge on any atom is -0.468 e. The number of thioether (sulfide) groups is 1. The Hall–Kier alpha value is -3.19. The summed E-state index contributed by atoms with van der Waals surface area (Å²) in [6, 6.07) is 19.4. The Morgan fingerprint density at radius 1 is 0.933 bits per heavy atom. The summed E-state index contributed by atoms with van der Waals surface area (Å²) in [7, 11) is 2.50. The molecule has 30 heavy (non-hydrogen) atoms. The Morgan fingerprint density at radius 3 is 2.13 bits per heavy atom. The van der Waals surface area contributed by atoms with Gasteiger partial charge in [-0.25, -0.2) is 9.97 Å². The number of nitrogens with zero attached hydrogens (tertiary/aromatic N) is 2. The van der Waals surface area contributed by atoms with Crippen molar-refractivity contribution in [3.05, 3.63) is 77.5 Å². The summed E-state index contributed by atoms with van der Waals surface area (Å²) in [5, 5.41) is 0.769. The lowest BCUT2D eigenvalue weighted by Crippen LogP contribution is -2.27.